The van der Waals surface area contributed by atoms with Gasteiger partial charge in [0.25, 0.3) is 0 Å². The first-order valence-corrected chi connectivity index (χ1v) is 5.78. The summed E-state index contributed by atoms with van der Waals surface area (Å²) in [7, 11) is 0. The van der Waals surface area contributed by atoms with E-state index in [2.05, 4.69) is 4.98 Å². The highest BCUT2D eigenvalue weighted by Crippen LogP contribution is 2.34. The number of hydrogen-bond acceptors (Lipinski definition) is 5. The molecule has 6 nitrogen and oxygen atoms in total. The van der Waals surface area contributed by atoms with Crippen molar-refractivity contribution in [2.24, 2.45) is 0 Å². The second-order valence-electron chi connectivity index (χ2n) is 4.07. The van der Waals surface area contributed by atoms with Crippen LogP contribution in [0, 0.1) is 0 Å². The number of ether oxygens (including phenoxy) is 2. The van der Waals surface area contributed by atoms with Gasteiger partial charge in [-0.3, -0.25) is 4.79 Å². The van der Waals surface area contributed by atoms with Crippen molar-refractivity contribution in [2.45, 2.75) is 6.42 Å². The van der Waals surface area contributed by atoms with Gasteiger partial charge >= 0.3 is 5.97 Å². The Bertz CT molecular complexity index is 619. The average Bonchev–Trinajstić information content (AvgIpc) is 2.86. The third kappa shape index (κ3) is 2.37. The van der Waals surface area contributed by atoms with E-state index in [4.69, 9.17) is 19.0 Å². The van der Waals surface area contributed by atoms with Crippen LogP contribution in [0.25, 0.3) is 11.5 Å². The van der Waals surface area contributed by atoms with E-state index in [-0.39, 0.29) is 6.42 Å². The Morgan fingerprint density at radius 1 is 1.26 bits per heavy atom. The van der Waals surface area contributed by atoms with Gasteiger partial charge in [-0.05, 0) is 18.2 Å². The molecule has 1 aromatic carbocycles. The number of carbonyl (C=O) groups is 1. The number of carboxylic acid groups (broad SMARTS) is 1. The van der Waals surface area contributed by atoms with Crippen LogP contribution in [0.1, 0.15) is 5.69 Å². The van der Waals surface area contributed by atoms with Gasteiger partial charge in [0, 0.05) is 5.56 Å². The van der Waals surface area contributed by atoms with Crippen molar-refractivity contribution in [1.82, 2.24) is 4.98 Å². The second kappa shape index (κ2) is 4.64. The van der Waals surface area contributed by atoms with Crippen LogP contribution in [0.4, 0.5) is 0 Å². The summed E-state index contributed by atoms with van der Waals surface area (Å²) in [5.74, 6) is 0.754. The Kier molecular flexibility index (Phi) is 2.83. The van der Waals surface area contributed by atoms with Crippen molar-refractivity contribution in [1.29, 1.82) is 0 Å². The van der Waals surface area contributed by atoms with Crippen molar-refractivity contribution in [2.75, 3.05) is 13.2 Å². The molecule has 0 atom stereocenters. The predicted octanol–water partition coefficient (Wildman–Crippen LogP) is 1.74. The molecule has 1 aromatic heterocycles. The fourth-order valence-corrected chi connectivity index (χ4v) is 1.85. The SMILES string of the molecule is O=C(O)Cc1coc(-c2ccc3c(c2)OCCO3)n1. The Balaban J connectivity index is 1.89. The minimum atomic E-state index is -0.943. The van der Waals surface area contributed by atoms with E-state index in [0.29, 0.717) is 36.3 Å². The maximum absolute atomic E-state index is 10.6. The number of aliphatic carboxylic acids is 1. The molecular formula is C13H11NO5. The molecule has 0 bridgehead atoms. The molecule has 1 aliphatic rings. The lowest BCUT2D eigenvalue weighted by Gasteiger charge is -2.18. The molecule has 3 rings (SSSR count). The zero-order valence-electron chi connectivity index (χ0n) is 9.96. The fourth-order valence-electron chi connectivity index (χ4n) is 1.85. The summed E-state index contributed by atoms with van der Waals surface area (Å²) in [6.07, 6.45) is 1.19. The highest BCUT2D eigenvalue weighted by atomic mass is 16.6. The minimum absolute atomic E-state index is 0.159. The Hall–Kier alpha value is -2.50. The molecule has 2 heterocycles. The first-order valence-electron chi connectivity index (χ1n) is 5.78. The topological polar surface area (TPSA) is 81.8 Å². The van der Waals surface area contributed by atoms with E-state index in [1.165, 1.54) is 6.26 Å². The molecule has 0 unspecified atom stereocenters. The van der Waals surface area contributed by atoms with Crippen molar-refractivity contribution in [3.8, 4) is 23.0 Å². The molecule has 19 heavy (non-hydrogen) atoms. The first kappa shape index (κ1) is 11.6. The van der Waals surface area contributed by atoms with Gasteiger partial charge in [0.1, 0.15) is 19.5 Å². The summed E-state index contributed by atoms with van der Waals surface area (Å²) in [5, 5.41) is 8.69. The first-order chi connectivity index (χ1) is 9.22. The molecule has 0 aliphatic carbocycles. The largest absolute Gasteiger partial charge is 0.486 e. The molecule has 0 fully saturated rings. The number of fused-ring (bicyclic) bond motifs is 1. The number of oxazole rings is 1. The summed E-state index contributed by atoms with van der Waals surface area (Å²) in [6, 6.07) is 5.35. The van der Waals surface area contributed by atoms with Crippen molar-refractivity contribution in [3.05, 3.63) is 30.2 Å². The van der Waals surface area contributed by atoms with Crippen LogP contribution in [0.5, 0.6) is 11.5 Å². The molecule has 6 heteroatoms. The lowest BCUT2D eigenvalue weighted by Crippen LogP contribution is -2.15. The molecule has 2 aromatic rings. The van der Waals surface area contributed by atoms with Crippen molar-refractivity contribution >= 4 is 5.97 Å². The smallest absolute Gasteiger partial charge is 0.309 e. The van der Waals surface area contributed by atoms with Gasteiger partial charge in [0.15, 0.2) is 11.5 Å². The van der Waals surface area contributed by atoms with Gasteiger partial charge in [-0.2, -0.15) is 0 Å². The summed E-state index contributed by atoms with van der Waals surface area (Å²) in [6.45, 7) is 1.04. The minimum Gasteiger partial charge on any atom is -0.486 e. The standard InChI is InChI=1S/C13H11NO5/c15-12(16)6-9-7-19-13(14-9)8-1-2-10-11(5-8)18-4-3-17-10/h1-2,5,7H,3-4,6H2,(H,15,16). The van der Waals surface area contributed by atoms with E-state index >= 15 is 0 Å². The summed E-state index contributed by atoms with van der Waals surface area (Å²) >= 11 is 0. The van der Waals surface area contributed by atoms with Gasteiger partial charge < -0.3 is 19.0 Å². The maximum Gasteiger partial charge on any atom is 0.309 e. The second-order valence-corrected chi connectivity index (χ2v) is 4.07. The van der Waals surface area contributed by atoms with Gasteiger partial charge in [-0.25, -0.2) is 4.98 Å². The zero-order valence-corrected chi connectivity index (χ0v) is 9.96. The zero-order chi connectivity index (χ0) is 13.2. The van der Waals surface area contributed by atoms with Crippen molar-refractivity contribution in [3.63, 3.8) is 0 Å². The van der Waals surface area contributed by atoms with Gasteiger partial charge in [0.05, 0.1) is 12.1 Å². The average molecular weight is 261 g/mol. The van der Waals surface area contributed by atoms with E-state index in [1.54, 1.807) is 18.2 Å². The fraction of sp³-hybridized carbons (Fsp3) is 0.231. The van der Waals surface area contributed by atoms with Gasteiger partial charge in [0.2, 0.25) is 5.89 Å². The molecule has 0 radical (unpaired) electrons. The molecule has 0 amide bonds. The maximum atomic E-state index is 10.6. The highest BCUT2D eigenvalue weighted by Gasteiger charge is 2.15. The molecule has 0 saturated heterocycles. The van der Waals surface area contributed by atoms with Crippen LogP contribution in [-0.4, -0.2) is 29.3 Å². The van der Waals surface area contributed by atoms with Crippen LogP contribution in [0.3, 0.4) is 0 Å². The molecular weight excluding hydrogens is 250 g/mol. The molecule has 98 valence electrons. The van der Waals surface area contributed by atoms with E-state index in [0.717, 1.165) is 5.56 Å². The number of hydrogen-bond donors (Lipinski definition) is 1. The summed E-state index contributed by atoms with van der Waals surface area (Å²) < 4.78 is 16.2. The Morgan fingerprint density at radius 3 is 2.84 bits per heavy atom. The van der Waals surface area contributed by atoms with E-state index < -0.39 is 5.97 Å². The van der Waals surface area contributed by atoms with Crippen LogP contribution in [0.15, 0.2) is 28.9 Å². The molecule has 1 aliphatic heterocycles. The number of nitrogens with zero attached hydrogens (tertiary/aromatic N) is 1. The number of carboxylic acids is 1. The number of rotatable bonds is 3. The summed E-state index contributed by atoms with van der Waals surface area (Å²) in [5.41, 5.74) is 1.11. The third-order valence-electron chi connectivity index (χ3n) is 2.67. The quantitative estimate of drug-likeness (QED) is 0.906. The predicted molar refractivity (Wildman–Crippen MR) is 64.3 cm³/mol. The lowest BCUT2D eigenvalue weighted by molar-refractivity contribution is -0.136. The number of aromatic nitrogens is 1. The van der Waals surface area contributed by atoms with E-state index in [9.17, 15) is 4.79 Å². The van der Waals surface area contributed by atoms with Crippen LogP contribution >= 0.6 is 0 Å². The van der Waals surface area contributed by atoms with Crippen LogP contribution in [-0.2, 0) is 11.2 Å². The highest BCUT2D eigenvalue weighted by molar-refractivity contribution is 5.69. The Morgan fingerprint density at radius 2 is 2.05 bits per heavy atom. The van der Waals surface area contributed by atoms with E-state index in [1.807, 2.05) is 0 Å². The van der Waals surface area contributed by atoms with Gasteiger partial charge in [-0.1, -0.05) is 0 Å². The molecule has 0 spiro atoms. The normalized spacial score (nSPS) is 13.3. The third-order valence-corrected chi connectivity index (χ3v) is 2.67. The van der Waals surface area contributed by atoms with Crippen molar-refractivity contribution < 1.29 is 23.8 Å². The van der Waals surface area contributed by atoms with Crippen LogP contribution in [0.2, 0.25) is 0 Å². The number of benzene rings is 1. The summed E-state index contributed by atoms with van der Waals surface area (Å²) in [4.78, 5) is 14.7. The van der Waals surface area contributed by atoms with Crippen LogP contribution < -0.4 is 9.47 Å². The Labute approximate surface area is 108 Å². The molecule has 0 saturated carbocycles. The monoisotopic (exact) mass is 261 g/mol. The lowest BCUT2D eigenvalue weighted by atomic mass is 10.2. The molecule has 1 N–H and O–H groups in total. The van der Waals surface area contributed by atoms with Gasteiger partial charge in [-0.15, -0.1) is 0 Å².